The molecule has 0 aliphatic carbocycles. The number of carbonyl (C=O) groups excluding carboxylic acids is 1. The van der Waals surface area contributed by atoms with Crippen molar-refractivity contribution in [2.24, 2.45) is 0 Å². The van der Waals surface area contributed by atoms with Gasteiger partial charge in [-0.15, -0.1) is 23.1 Å². The van der Waals surface area contributed by atoms with Crippen LogP contribution in [0.25, 0.3) is 10.6 Å². The first-order valence-electron chi connectivity index (χ1n) is 6.22. The van der Waals surface area contributed by atoms with Gasteiger partial charge in [0.2, 0.25) is 5.91 Å². The fourth-order valence-corrected chi connectivity index (χ4v) is 4.76. The van der Waals surface area contributed by atoms with Crippen LogP contribution < -0.4 is 0 Å². The van der Waals surface area contributed by atoms with E-state index in [9.17, 15) is 9.59 Å². The molecule has 0 aromatic carbocycles. The van der Waals surface area contributed by atoms with Gasteiger partial charge in [0.05, 0.1) is 18.0 Å². The van der Waals surface area contributed by atoms with E-state index in [1.54, 1.807) is 11.3 Å². The summed E-state index contributed by atoms with van der Waals surface area (Å²) in [7, 11) is 0. The van der Waals surface area contributed by atoms with Crippen molar-refractivity contribution in [2.45, 2.75) is 12.5 Å². The third kappa shape index (κ3) is 3.12. The number of carboxylic acids is 1. The number of rotatable bonds is 4. The lowest BCUT2D eigenvalue weighted by Crippen LogP contribution is -2.42. The Morgan fingerprint density at radius 3 is 3.00 bits per heavy atom. The third-order valence-corrected chi connectivity index (χ3v) is 5.78. The average molecular weight is 340 g/mol. The second-order valence-corrected chi connectivity index (χ2v) is 7.19. The smallest absolute Gasteiger partial charge is 0.327 e. The van der Waals surface area contributed by atoms with Gasteiger partial charge in [0.25, 0.3) is 0 Å². The average Bonchev–Trinajstić information content (AvgIpc) is 3.19. The molecule has 0 radical (unpaired) electrons. The highest BCUT2D eigenvalue weighted by molar-refractivity contribution is 7.99. The molecule has 3 heterocycles. The Kier molecular flexibility index (Phi) is 4.27. The van der Waals surface area contributed by atoms with Crippen LogP contribution in [0, 0.1) is 0 Å². The Morgan fingerprint density at radius 2 is 2.29 bits per heavy atom. The summed E-state index contributed by atoms with van der Waals surface area (Å²) in [4.78, 5) is 29.2. The first-order valence-corrected chi connectivity index (χ1v) is 9.20. The summed E-state index contributed by atoms with van der Waals surface area (Å²) in [6, 6.07) is 1.28. The van der Waals surface area contributed by atoms with E-state index in [-0.39, 0.29) is 12.3 Å². The van der Waals surface area contributed by atoms with Gasteiger partial charge in [0.1, 0.15) is 11.0 Å². The van der Waals surface area contributed by atoms with Gasteiger partial charge in [0.15, 0.2) is 0 Å². The molecule has 1 fully saturated rings. The lowest BCUT2D eigenvalue weighted by molar-refractivity contribution is -0.147. The molecule has 21 heavy (non-hydrogen) atoms. The van der Waals surface area contributed by atoms with Gasteiger partial charge in [-0.05, 0) is 11.4 Å². The Hall–Kier alpha value is -1.38. The monoisotopic (exact) mass is 340 g/mol. The van der Waals surface area contributed by atoms with Gasteiger partial charge in [-0.1, -0.05) is 0 Å². The molecule has 2 aromatic heterocycles. The Labute approximate surface area is 133 Å². The van der Waals surface area contributed by atoms with Crippen LogP contribution in [0.1, 0.15) is 5.69 Å². The number of aromatic nitrogens is 1. The van der Waals surface area contributed by atoms with Crippen molar-refractivity contribution in [3.63, 3.8) is 0 Å². The summed E-state index contributed by atoms with van der Waals surface area (Å²) in [6.45, 7) is 0. The van der Waals surface area contributed by atoms with Crippen LogP contribution in [0.15, 0.2) is 22.2 Å². The highest BCUT2D eigenvalue weighted by Crippen LogP contribution is 2.27. The van der Waals surface area contributed by atoms with Gasteiger partial charge < -0.3 is 10.0 Å². The van der Waals surface area contributed by atoms with Gasteiger partial charge in [-0.2, -0.15) is 11.3 Å². The topological polar surface area (TPSA) is 70.5 Å². The van der Waals surface area contributed by atoms with Crippen LogP contribution >= 0.6 is 34.4 Å². The molecule has 1 saturated heterocycles. The number of hydrogen-bond donors (Lipinski definition) is 1. The number of thiophene rings is 1. The van der Waals surface area contributed by atoms with Crippen molar-refractivity contribution >= 4 is 46.3 Å². The highest BCUT2D eigenvalue weighted by atomic mass is 32.2. The van der Waals surface area contributed by atoms with Crippen LogP contribution in [0.5, 0.6) is 0 Å². The Balaban J connectivity index is 1.69. The molecule has 3 rings (SSSR count). The molecular weight excluding hydrogens is 328 g/mol. The number of aliphatic carboxylic acids is 1. The fourth-order valence-electron chi connectivity index (χ4n) is 2.06. The van der Waals surface area contributed by atoms with Crippen LogP contribution in [0.2, 0.25) is 0 Å². The summed E-state index contributed by atoms with van der Waals surface area (Å²) in [5.41, 5.74) is 1.76. The summed E-state index contributed by atoms with van der Waals surface area (Å²) in [5, 5.41) is 15.9. The second-order valence-electron chi connectivity index (χ2n) is 4.55. The second kappa shape index (κ2) is 6.17. The Bertz CT molecular complexity index is 653. The summed E-state index contributed by atoms with van der Waals surface area (Å²) in [6.07, 6.45) is 0.158. The van der Waals surface area contributed by atoms with E-state index in [1.165, 1.54) is 28.0 Å². The molecule has 0 unspecified atom stereocenters. The zero-order valence-corrected chi connectivity index (χ0v) is 13.3. The fraction of sp³-hybridized carbons (Fsp3) is 0.308. The third-order valence-electron chi connectivity index (χ3n) is 3.14. The maximum absolute atomic E-state index is 12.2. The molecule has 2 aromatic rings. The molecule has 5 nitrogen and oxygen atoms in total. The van der Waals surface area contributed by atoms with Gasteiger partial charge in [0, 0.05) is 22.1 Å². The maximum atomic E-state index is 12.2. The standard InChI is InChI=1S/C13H12N2O3S3/c16-11(15-7-20-6-10(15)13(17)18)3-9-5-21-12(14-9)8-1-2-19-4-8/h1-2,4-5,10H,3,6-7H2,(H,17,18)/t10-/m0/s1. The predicted molar refractivity (Wildman–Crippen MR) is 84.7 cm³/mol. The molecule has 1 N–H and O–H groups in total. The highest BCUT2D eigenvalue weighted by Gasteiger charge is 2.34. The minimum Gasteiger partial charge on any atom is -0.480 e. The zero-order valence-electron chi connectivity index (χ0n) is 10.9. The summed E-state index contributed by atoms with van der Waals surface area (Å²) >= 11 is 4.58. The van der Waals surface area contributed by atoms with Crippen molar-refractivity contribution in [3.8, 4) is 10.6 Å². The van der Waals surface area contributed by atoms with Crippen LogP contribution in [0.4, 0.5) is 0 Å². The quantitative estimate of drug-likeness (QED) is 0.925. The number of hydrogen-bond acceptors (Lipinski definition) is 6. The molecule has 1 amide bonds. The molecule has 1 aliphatic rings. The van der Waals surface area contributed by atoms with E-state index < -0.39 is 12.0 Å². The van der Waals surface area contributed by atoms with Gasteiger partial charge >= 0.3 is 5.97 Å². The SMILES string of the molecule is O=C(O)[C@@H]1CSCN1C(=O)Cc1csc(-c2ccsc2)n1. The number of thiazole rings is 1. The number of thioether (sulfide) groups is 1. The van der Waals surface area contributed by atoms with E-state index in [4.69, 9.17) is 5.11 Å². The lowest BCUT2D eigenvalue weighted by Gasteiger charge is -2.19. The number of nitrogens with zero attached hydrogens (tertiary/aromatic N) is 2. The van der Waals surface area contributed by atoms with Crippen LogP contribution in [0.3, 0.4) is 0 Å². The van der Waals surface area contributed by atoms with E-state index in [0.29, 0.717) is 17.3 Å². The van der Waals surface area contributed by atoms with E-state index >= 15 is 0 Å². The largest absolute Gasteiger partial charge is 0.480 e. The van der Waals surface area contributed by atoms with Crippen LogP contribution in [-0.4, -0.2) is 44.5 Å². The molecule has 0 bridgehead atoms. The maximum Gasteiger partial charge on any atom is 0.327 e. The number of amides is 1. The molecule has 0 saturated carbocycles. The van der Waals surface area contributed by atoms with Gasteiger partial charge in [-0.25, -0.2) is 9.78 Å². The van der Waals surface area contributed by atoms with Crippen molar-refractivity contribution in [1.29, 1.82) is 0 Å². The van der Waals surface area contributed by atoms with Crippen molar-refractivity contribution in [1.82, 2.24) is 9.88 Å². The van der Waals surface area contributed by atoms with E-state index in [0.717, 1.165) is 10.6 Å². The van der Waals surface area contributed by atoms with Crippen LogP contribution in [-0.2, 0) is 16.0 Å². The molecule has 8 heteroatoms. The molecule has 110 valence electrons. The lowest BCUT2D eigenvalue weighted by atomic mass is 10.2. The first-order chi connectivity index (χ1) is 10.1. The van der Waals surface area contributed by atoms with Crippen molar-refractivity contribution in [3.05, 3.63) is 27.9 Å². The van der Waals surface area contributed by atoms with Gasteiger partial charge in [-0.3, -0.25) is 4.79 Å². The zero-order chi connectivity index (χ0) is 14.8. The summed E-state index contributed by atoms with van der Waals surface area (Å²) < 4.78 is 0. The van der Waals surface area contributed by atoms with Crippen molar-refractivity contribution < 1.29 is 14.7 Å². The number of carboxylic acid groups (broad SMARTS) is 1. The minimum absolute atomic E-state index is 0.158. The summed E-state index contributed by atoms with van der Waals surface area (Å²) in [5.74, 6) is -0.213. The van der Waals surface area contributed by atoms with E-state index in [2.05, 4.69) is 4.98 Å². The van der Waals surface area contributed by atoms with E-state index in [1.807, 2.05) is 22.2 Å². The van der Waals surface area contributed by atoms with Crippen molar-refractivity contribution in [2.75, 3.05) is 11.6 Å². The molecule has 0 spiro atoms. The first kappa shape index (κ1) is 14.6. The minimum atomic E-state index is -0.939. The molecule has 1 aliphatic heterocycles. The molecule has 1 atom stereocenters. The number of carbonyl (C=O) groups is 2. The normalized spacial score (nSPS) is 18.1. The predicted octanol–water partition coefficient (Wildman–Crippen LogP) is 2.40. The Morgan fingerprint density at radius 1 is 1.43 bits per heavy atom. The molecular formula is C13H12N2O3S3.